The molecule has 0 aliphatic rings. The van der Waals surface area contributed by atoms with Crippen molar-refractivity contribution >= 4 is 5.78 Å². The number of benzene rings is 1. The van der Waals surface area contributed by atoms with Gasteiger partial charge in [-0.1, -0.05) is 12.1 Å². The van der Waals surface area contributed by atoms with Crippen LogP contribution in [0.5, 0.6) is 5.75 Å². The SMILES string of the molecule is COc1cccc(CC(=O)CC(C)(C)N)c1F. The highest BCUT2D eigenvalue weighted by Gasteiger charge is 2.18. The van der Waals surface area contributed by atoms with Crippen LogP contribution in [0.3, 0.4) is 0 Å². The average molecular weight is 239 g/mol. The number of ketones is 1. The maximum absolute atomic E-state index is 13.8. The molecule has 0 spiro atoms. The molecule has 0 amide bonds. The van der Waals surface area contributed by atoms with E-state index in [9.17, 15) is 9.18 Å². The lowest BCUT2D eigenvalue weighted by Gasteiger charge is -2.17. The van der Waals surface area contributed by atoms with Crippen LogP contribution in [0.25, 0.3) is 0 Å². The van der Waals surface area contributed by atoms with Crippen LogP contribution in [0, 0.1) is 5.82 Å². The van der Waals surface area contributed by atoms with Crippen molar-refractivity contribution in [1.82, 2.24) is 0 Å². The zero-order valence-corrected chi connectivity index (χ0v) is 10.4. The van der Waals surface area contributed by atoms with E-state index in [1.165, 1.54) is 13.2 Å². The summed E-state index contributed by atoms with van der Waals surface area (Å²) in [6.07, 6.45) is 0.271. The number of ether oxygens (including phenoxy) is 1. The van der Waals surface area contributed by atoms with Gasteiger partial charge >= 0.3 is 0 Å². The Morgan fingerprint density at radius 3 is 2.65 bits per heavy atom. The predicted molar refractivity (Wildman–Crippen MR) is 64.5 cm³/mol. The molecule has 0 atom stereocenters. The molecule has 0 aliphatic carbocycles. The van der Waals surface area contributed by atoms with Gasteiger partial charge in [-0.3, -0.25) is 4.79 Å². The highest BCUT2D eigenvalue weighted by molar-refractivity contribution is 5.82. The average Bonchev–Trinajstić information content (AvgIpc) is 2.18. The summed E-state index contributed by atoms with van der Waals surface area (Å²) in [5.41, 5.74) is 5.53. The van der Waals surface area contributed by atoms with E-state index < -0.39 is 11.4 Å². The molecule has 0 saturated heterocycles. The molecule has 94 valence electrons. The Hall–Kier alpha value is -1.42. The van der Waals surface area contributed by atoms with Crippen molar-refractivity contribution < 1.29 is 13.9 Å². The van der Waals surface area contributed by atoms with Crippen molar-refractivity contribution in [2.24, 2.45) is 5.73 Å². The lowest BCUT2D eigenvalue weighted by Crippen LogP contribution is -2.35. The molecule has 0 saturated carbocycles. The molecule has 0 unspecified atom stereocenters. The van der Waals surface area contributed by atoms with Crippen LogP contribution >= 0.6 is 0 Å². The van der Waals surface area contributed by atoms with Gasteiger partial charge in [0, 0.05) is 18.4 Å². The molecule has 0 fully saturated rings. The number of nitrogens with two attached hydrogens (primary N) is 1. The van der Waals surface area contributed by atoms with Crippen molar-refractivity contribution in [3.05, 3.63) is 29.6 Å². The Bertz CT molecular complexity index is 410. The van der Waals surface area contributed by atoms with E-state index in [0.29, 0.717) is 5.56 Å². The number of rotatable bonds is 5. The Balaban J connectivity index is 2.79. The summed E-state index contributed by atoms with van der Waals surface area (Å²) in [6, 6.07) is 4.77. The fourth-order valence-corrected chi connectivity index (χ4v) is 1.63. The highest BCUT2D eigenvalue weighted by Crippen LogP contribution is 2.21. The Morgan fingerprint density at radius 2 is 2.12 bits per heavy atom. The largest absolute Gasteiger partial charge is 0.494 e. The van der Waals surface area contributed by atoms with Gasteiger partial charge in [0.15, 0.2) is 11.6 Å². The van der Waals surface area contributed by atoms with E-state index in [1.807, 2.05) is 0 Å². The standard InChI is InChI=1S/C13H18FNO2/c1-13(2,15)8-10(16)7-9-5-4-6-11(17-3)12(9)14/h4-6H,7-8,15H2,1-3H3. The van der Waals surface area contributed by atoms with Gasteiger partial charge in [0.25, 0.3) is 0 Å². The molecular weight excluding hydrogens is 221 g/mol. The second-order valence-electron chi connectivity index (χ2n) is 4.81. The zero-order valence-electron chi connectivity index (χ0n) is 10.4. The molecule has 0 radical (unpaired) electrons. The number of methoxy groups -OCH3 is 1. The van der Waals surface area contributed by atoms with Crippen LogP contribution in [-0.2, 0) is 11.2 Å². The second-order valence-corrected chi connectivity index (χ2v) is 4.81. The van der Waals surface area contributed by atoms with Gasteiger partial charge in [-0.2, -0.15) is 0 Å². The van der Waals surface area contributed by atoms with Gasteiger partial charge in [-0.05, 0) is 25.5 Å². The van der Waals surface area contributed by atoms with Crippen LogP contribution in [0.2, 0.25) is 0 Å². The third-order valence-corrected chi connectivity index (χ3v) is 2.30. The van der Waals surface area contributed by atoms with E-state index in [4.69, 9.17) is 10.5 Å². The smallest absolute Gasteiger partial charge is 0.168 e. The molecule has 0 aromatic heterocycles. The van der Waals surface area contributed by atoms with Crippen LogP contribution in [0.4, 0.5) is 4.39 Å². The third kappa shape index (κ3) is 4.15. The molecule has 1 rings (SSSR count). The summed E-state index contributed by atoms with van der Waals surface area (Å²) in [5, 5.41) is 0. The van der Waals surface area contributed by atoms with Gasteiger partial charge in [0.2, 0.25) is 0 Å². The second kappa shape index (κ2) is 5.27. The maximum Gasteiger partial charge on any atom is 0.168 e. The van der Waals surface area contributed by atoms with E-state index in [1.54, 1.807) is 26.0 Å². The summed E-state index contributed by atoms with van der Waals surface area (Å²) < 4.78 is 18.6. The molecule has 0 heterocycles. The number of carbonyl (C=O) groups is 1. The molecular formula is C13H18FNO2. The molecule has 17 heavy (non-hydrogen) atoms. The molecule has 3 nitrogen and oxygen atoms in total. The summed E-state index contributed by atoms with van der Waals surface area (Å²) in [4.78, 5) is 11.7. The van der Waals surface area contributed by atoms with E-state index in [0.717, 1.165) is 0 Å². The fraction of sp³-hybridized carbons (Fsp3) is 0.462. The Morgan fingerprint density at radius 1 is 1.47 bits per heavy atom. The molecule has 2 N–H and O–H groups in total. The minimum Gasteiger partial charge on any atom is -0.494 e. The first kappa shape index (κ1) is 13.6. The van der Waals surface area contributed by atoms with Crippen molar-refractivity contribution in [1.29, 1.82) is 0 Å². The zero-order chi connectivity index (χ0) is 13.1. The summed E-state index contributed by atoms with van der Waals surface area (Å²) in [6.45, 7) is 3.54. The minimum atomic E-state index is -0.563. The first-order valence-electron chi connectivity index (χ1n) is 5.45. The van der Waals surface area contributed by atoms with Crippen LogP contribution < -0.4 is 10.5 Å². The number of hydrogen-bond donors (Lipinski definition) is 1. The fourth-order valence-electron chi connectivity index (χ4n) is 1.63. The van der Waals surface area contributed by atoms with Gasteiger partial charge in [-0.15, -0.1) is 0 Å². The van der Waals surface area contributed by atoms with Gasteiger partial charge < -0.3 is 10.5 Å². The summed E-state index contributed by atoms with van der Waals surface area (Å²) in [7, 11) is 1.40. The van der Waals surface area contributed by atoms with Crippen LogP contribution in [0.1, 0.15) is 25.8 Å². The van der Waals surface area contributed by atoms with E-state index in [2.05, 4.69) is 0 Å². The molecule has 1 aromatic rings. The number of hydrogen-bond acceptors (Lipinski definition) is 3. The van der Waals surface area contributed by atoms with Crippen LogP contribution in [-0.4, -0.2) is 18.4 Å². The summed E-state index contributed by atoms with van der Waals surface area (Å²) >= 11 is 0. The van der Waals surface area contributed by atoms with Gasteiger partial charge in [-0.25, -0.2) is 4.39 Å². The Kier molecular flexibility index (Phi) is 4.23. The quantitative estimate of drug-likeness (QED) is 0.855. The number of halogens is 1. The number of Topliss-reactive ketones (excluding diaryl/α,β-unsaturated/α-hetero) is 1. The van der Waals surface area contributed by atoms with Gasteiger partial charge in [0.1, 0.15) is 5.78 Å². The highest BCUT2D eigenvalue weighted by atomic mass is 19.1. The molecule has 4 heteroatoms. The normalized spacial score (nSPS) is 11.4. The van der Waals surface area contributed by atoms with Crippen molar-refractivity contribution in [3.63, 3.8) is 0 Å². The van der Waals surface area contributed by atoms with E-state index in [-0.39, 0.29) is 24.4 Å². The topological polar surface area (TPSA) is 52.3 Å². The molecule has 0 aliphatic heterocycles. The predicted octanol–water partition coefficient (Wildman–Crippen LogP) is 2.07. The first-order chi connectivity index (χ1) is 7.83. The van der Waals surface area contributed by atoms with Gasteiger partial charge in [0.05, 0.1) is 7.11 Å². The van der Waals surface area contributed by atoms with Crippen molar-refractivity contribution in [3.8, 4) is 5.75 Å². The summed E-state index contributed by atoms with van der Waals surface area (Å²) in [5.74, 6) is -0.398. The minimum absolute atomic E-state index is 0.0453. The number of carbonyl (C=O) groups excluding carboxylic acids is 1. The van der Waals surface area contributed by atoms with Crippen molar-refractivity contribution in [2.75, 3.05) is 7.11 Å². The lowest BCUT2D eigenvalue weighted by molar-refractivity contribution is -0.119. The first-order valence-corrected chi connectivity index (χ1v) is 5.45. The van der Waals surface area contributed by atoms with Crippen molar-refractivity contribution in [2.45, 2.75) is 32.2 Å². The maximum atomic E-state index is 13.8. The lowest BCUT2D eigenvalue weighted by atomic mass is 9.95. The monoisotopic (exact) mass is 239 g/mol. The molecule has 1 aromatic carbocycles. The Labute approximate surface area is 101 Å². The van der Waals surface area contributed by atoms with Crippen LogP contribution in [0.15, 0.2) is 18.2 Å². The van der Waals surface area contributed by atoms with E-state index >= 15 is 0 Å². The molecule has 0 bridgehead atoms. The third-order valence-electron chi connectivity index (χ3n) is 2.30.